The molecule has 1 aliphatic carbocycles. The standard InChI is InChI=1S/C26H35N5O2/c1-2-26(32)28-22-5-3-19(4-6-22)24-7-8-25(30-29-24)27-23-13-20-16-31(17-21(20)14-23)15-18-9-11-33-12-10-18/h3-8,18,20-21,23H,2,9-17H2,1H3,(H,27,30)(H,28,32)/t20-,21+,23?. The first-order chi connectivity index (χ1) is 16.2. The lowest BCUT2D eigenvalue weighted by Gasteiger charge is -2.27. The van der Waals surface area contributed by atoms with Crippen LogP contribution in [0, 0.1) is 17.8 Å². The zero-order valence-corrected chi connectivity index (χ0v) is 19.5. The van der Waals surface area contributed by atoms with Crippen LogP contribution in [0.15, 0.2) is 36.4 Å². The number of nitrogens with one attached hydrogen (secondary N) is 2. The molecular formula is C26H35N5O2. The van der Waals surface area contributed by atoms with Crippen molar-refractivity contribution < 1.29 is 9.53 Å². The number of aromatic nitrogens is 2. The van der Waals surface area contributed by atoms with Crippen LogP contribution in [0.4, 0.5) is 11.5 Å². The summed E-state index contributed by atoms with van der Waals surface area (Å²) >= 11 is 0. The minimum absolute atomic E-state index is 0.0149. The van der Waals surface area contributed by atoms with Crippen LogP contribution in [0.5, 0.6) is 0 Å². The van der Waals surface area contributed by atoms with E-state index in [1.165, 1.54) is 45.3 Å². The first-order valence-corrected chi connectivity index (χ1v) is 12.5. The number of likely N-dealkylation sites (tertiary alicyclic amines) is 1. The van der Waals surface area contributed by atoms with Gasteiger partial charge in [0.15, 0.2) is 0 Å². The minimum Gasteiger partial charge on any atom is -0.381 e. The number of carbonyl (C=O) groups excluding carboxylic acids is 1. The highest BCUT2D eigenvalue weighted by atomic mass is 16.5. The molecule has 0 spiro atoms. The van der Waals surface area contributed by atoms with E-state index >= 15 is 0 Å². The molecule has 3 atom stereocenters. The molecular weight excluding hydrogens is 414 g/mol. The van der Waals surface area contributed by atoms with Gasteiger partial charge in [-0.15, -0.1) is 10.2 Å². The molecule has 1 saturated carbocycles. The number of nitrogens with zero attached hydrogens (tertiary/aromatic N) is 3. The molecule has 2 saturated heterocycles. The second kappa shape index (κ2) is 10.2. The summed E-state index contributed by atoms with van der Waals surface area (Å²) in [5, 5.41) is 15.4. The van der Waals surface area contributed by atoms with Gasteiger partial charge in [-0.25, -0.2) is 0 Å². The topological polar surface area (TPSA) is 79.4 Å². The van der Waals surface area contributed by atoms with Crippen molar-refractivity contribution in [2.75, 3.05) is 43.5 Å². The predicted molar refractivity (Wildman–Crippen MR) is 130 cm³/mol. The van der Waals surface area contributed by atoms with E-state index in [0.717, 1.165) is 53.7 Å². The number of amides is 1. The summed E-state index contributed by atoms with van der Waals surface area (Å²) in [4.78, 5) is 14.2. The van der Waals surface area contributed by atoms with Gasteiger partial charge < -0.3 is 20.3 Å². The van der Waals surface area contributed by atoms with E-state index in [4.69, 9.17) is 4.74 Å². The van der Waals surface area contributed by atoms with Gasteiger partial charge in [-0.2, -0.15) is 0 Å². The van der Waals surface area contributed by atoms with Crippen molar-refractivity contribution in [2.45, 2.75) is 45.1 Å². The molecule has 0 radical (unpaired) electrons. The van der Waals surface area contributed by atoms with Gasteiger partial charge >= 0.3 is 0 Å². The molecule has 0 bridgehead atoms. The number of carbonyl (C=O) groups is 1. The van der Waals surface area contributed by atoms with Crippen LogP contribution in [0.1, 0.15) is 39.0 Å². The van der Waals surface area contributed by atoms with Crippen molar-refractivity contribution in [2.24, 2.45) is 17.8 Å². The maximum atomic E-state index is 11.5. The van der Waals surface area contributed by atoms with Crippen LogP contribution in [-0.2, 0) is 9.53 Å². The zero-order valence-electron chi connectivity index (χ0n) is 19.5. The third kappa shape index (κ3) is 5.53. The number of hydrogen-bond acceptors (Lipinski definition) is 6. The maximum Gasteiger partial charge on any atom is 0.224 e. The molecule has 1 aromatic heterocycles. The van der Waals surface area contributed by atoms with Gasteiger partial charge in [-0.3, -0.25) is 4.79 Å². The summed E-state index contributed by atoms with van der Waals surface area (Å²) in [7, 11) is 0. The van der Waals surface area contributed by atoms with Crippen LogP contribution in [0.25, 0.3) is 11.3 Å². The Morgan fingerprint density at radius 1 is 1.03 bits per heavy atom. The van der Waals surface area contributed by atoms with Gasteiger partial charge in [0.25, 0.3) is 0 Å². The monoisotopic (exact) mass is 449 g/mol. The number of ether oxygens (including phenoxy) is 1. The number of hydrogen-bond donors (Lipinski definition) is 2. The third-order valence-corrected chi connectivity index (χ3v) is 7.49. The van der Waals surface area contributed by atoms with Crippen molar-refractivity contribution in [1.82, 2.24) is 15.1 Å². The molecule has 1 amide bonds. The summed E-state index contributed by atoms with van der Waals surface area (Å²) in [6, 6.07) is 12.3. The highest BCUT2D eigenvalue weighted by Gasteiger charge is 2.41. The van der Waals surface area contributed by atoms with Crippen LogP contribution in [0.2, 0.25) is 0 Å². The molecule has 2 aromatic rings. The van der Waals surface area contributed by atoms with E-state index in [9.17, 15) is 4.79 Å². The van der Waals surface area contributed by atoms with Crippen LogP contribution in [0.3, 0.4) is 0 Å². The minimum atomic E-state index is 0.0149. The molecule has 3 fully saturated rings. The molecule has 33 heavy (non-hydrogen) atoms. The van der Waals surface area contributed by atoms with E-state index in [-0.39, 0.29) is 5.91 Å². The molecule has 7 heteroatoms. The number of benzene rings is 1. The van der Waals surface area contributed by atoms with Crippen LogP contribution < -0.4 is 10.6 Å². The fourth-order valence-electron chi connectivity index (χ4n) is 5.70. The van der Waals surface area contributed by atoms with Crippen molar-refractivity contribution in [3.63, 3.8) is 0 Å². The summed E-state index contributed by atoms with van der Waals surface area (Å²) in [5.74, 6) is 3.31. The highest BCUT2D eigenvalue weighted by molar-refractivity contribution is 5.90. The van der Waals surface area contributed by atoms with Crippen LogP contribution >= 0.6 is 0 Å². The van der Waals surface area contributed by atoms with Gasteiger partial charge in [-0.1, -0.05) is 19.1 Å². The summed E-state index contributed by atoms with van der Waals surface area (Å²) in [6.07, 6.45) is 5.37. The zero-order chi connectivity index (χ0) is 22.6. The molecule has 1 unspecified atom stereocenters. The fraction of sp³-hybridized carbons (Fsp3) is 0.577. The molecule has 3 aliphatic rings. The number of fused-ring (bicyclic) bond motifs is 1. The van der Waals surface area contributed by atoms with Gasteiger partial charge in [0.2, 0.25) is 5.91 Å². The van der Waals surface area contributed by atoms with E-state index in [0.29, 0.717) is 12.5 Å². The van der Waals surface area contributed by atoms with Crippen LogP contribution in [-0.4, -0.2) is 59.9 Å². The first kappa shape index (κ1) is 22.3. The molecule has 176 valence electrons. The average molecular weight is 450 g/mol. The molecule has 2 N–H and O–H groups in total. The van der Waals surface area contributed by atoms with Crippen molar-refractivity contribution >= 4 is 17.4 Å². The largest absolute Gasteiger partial charge is 0.381 e. The quantitative estimate of drug-likeness (QED) is 0.664. The van der Waals surface area contributed by atoms with Crippen molar-refractivity contribution in [1.29, 1.82) is 0 Å². The second-order valence-corrected chi connectivity index (χ2v) is 9.89. The number of rotatable bonds is 7. The Balaban J connectivity index is 1.10. The SMILES string of the molecule is CCC(=O)Nc1ccc(-c2ccc(NC3C[C@@H]4CN(CC5CCOCC5)C[C@@H]4C3)nn2)cc1. The van der Waals surface area contributed by atoms with Gasteiger partial charge in [-0.05, 0) is 67.7 Å². The van der Waals surface area contributed by atoms with E-state index in [2.05, 4.69) is 25.7 Å². The van der Waals surface area contributed by atoms with Crippen molar-refractivity contribution in [3.8, 4) is 11.3 Å². The van der Waals surface area contributed by atoms with Gasteiger partial charge in [0.05, 0.1) is 5.69 Å². The fourth-order valence-corrected chi connectivity index (χ4v) is 5.70. The highest BCUT2D eigenvalue weighted by Crippen LogP contribution is 2.39. The summed E-state index contributed by atoms with van der Waals surface area (Å²) in [5.41, 5.74) is 2.62. The van der Waals surface area contributed by atoms with E-state index in [1.807, 2.05) is 43.3 Å². The Labute approximate surface area is 196 Å². The Hall–Kier alpha value is -2.51. The Bertz CT molecular complexity index is 913. The Morgan fingerprint density at radius 3 is 2.39 bits per heavy atom. The Kier molecular flexibility index (Phi) is 6.88. The van der Waals surface area contributed by atoms with E-state index in [1.54, 1.807) is 0 Å². The predicted octanol–water partition coefficient (Wildman–Crippen LogP) is 4.04. The lowest BCUT2D eigenvalue weighted by molar-refractivity contribution is -0.115. The van der Waals surface area contributed by atoms with E-state index < -0.39 is 0 Å². The summed E-state index contributed by atoms with van der Waals surface area (Å²) in [6.45, 7) is 7.49. The molecule has 3 heterocycles. The first-order valence-electron chi connectivity index (χ1n) is 12.5. The average Bonchev–Trinajstić information content (AvgIpc) is 3.38. The normalized spacial score (nSPS) is 25.7. The third-order valence-electron chi connectivity index (χ3n) is 7.49. The van der Waals surface area contributed by atoms with Gasteiger partial charge in [0.1, 0.15) is 5.82 Å². The second-order valence-electron chi connectivity index (χ2n) is 9.89. The lowest BCUT2D eigenvalue weighted by atomic mass is 10.00. The molecule has 5 rings (SSSR count). The molecule has 2 aliphatic heterocycles. The Morgan fingerprint density at radius 2 is 1.76 bits per heavy atom. The maximum absolute atomic E-state index is 11.5. The molecule has 1 aromatic carbocycles. The smallest absolute Gasteiger partial charge is 0.224 e. The van der Waals surface area contributed by atoms with Gasteiger partial charge in [0, 0.05) is 56.6 Å². The lowest BCUT2D eigenvalue weighted by Crippen LogP contribution is -2.32. The molecule has 7 nitrogen and oxygen atoms in total. The summed E-state index contributed by atoms with van der Waals surface area (Å²) < 4.78 is 5.51. The van der Waals surface area contributed by atoms with Crippen molar-refractivity contribution in [3.05, 3.63) is 36.4 Å². The number of anilines is 2.